The largest absolute Gasteiger partial charge is 0.469 e. The molecule has 0 saturated heterocycles. The number of hydrogen-bond acceptors (Lipinski definition) is 3. The van der Waals surface area contributed by atoms with Gasteiger partial charge in [0.15, 0.2) is 0 Å². The first-order valence-electron chi connectivity index (χ1n) is 6.75. The van der Waals surface area contributed by atoms with Crippen molar-refractivity contribution in [3.8, 4) is 0 Å². The van der Waals surface area contributed by atoms with Crippen LogP contribution in [0.3, 0.4) is 0 Å². The highest BCUT2D eigenvalue weighted by atomic mass is 35.5. The average Bonchev–Trinajstić information content (AvgIpc) is 2.30. The lowest BCUT2D eigenvalue weighted by molar-refractivity contribution is -0.150. The second-order valence-corrected chi connectivity index (χ2v) is 6.13. The maximum Gasteiger partial charge on any atom is 0.312 e. The first kappa shape index (κ1) is 17.7. The van der Waals surface area contributed by atoms with Gasteiger partial charge in [-0.15, -0.1) is 12.4 Å². The zero-order chi connectivity index (χ0) is 12.9. The summed E-state index contributed by atoms with van der Waals surface area (Å²) in [6, 6.07) is 0. The van der Waals surface area contributed by atoms with Crippen molar-refractivity contribution in [2.24, 2.45) is 17.3 Å². The van der Waals surface area contributed by atoms with Crippen molar-refractivity contribution in [1.82, 2.24) is 5.32 Å². The van der Waals surface area contributed by atoms with Crippen molar-refractivity contribution in [2.45, 2.75) is 46.5 Å². The number of carbonyl (C=O) groups excluding carboxylic acids is 1. The molecule has 0 aromatic heterocycles. The standard InChI is InChI=1S/C14H27NO2.ClH/c1-11-5-7-12(8-6-11)9-15-10-14(2,3)13(16)17-4;/h11-12,15H,5-10H2,1-4H3;1H. The smallest absolute Gasteiger partial charge is 0.312 e. The molecule has 1 saturated carbocycles. The molecule has 108 valence electrons. The Labute approximate surface area is 117 Å². The van der Waals surface area contributed by atoms with Gasteiger partial charge in [-0.2, -0.15) is 0 Å². The zero-order valence-electron chi connectivity index (χ0n) is 12.1. The van der Waals surface area contributed by atoms with Gasteiger partial charge < -0.3 is 10.1 Å². The van der Waals surface area contributed by atoms with Gasteiger partial charge in [-0.1, -0.05) is 19.8 Å². The molecule has 0 atom stereocenters. The first-order valence-corrected chi connectivity index (χ1v) is 6.75. The summed E-state index contributed by atoms with van der Waals surface area (Å²) in [5.74, 6) is 1.56. The monoisotopic (exact) mass is 277 g/mol. The van der Waals surface area contributed by atoms with Gasteiger partial charge in [0.25, 0.3) is 0 Å². The predicted octanol–water partition coefficient (Wildman–Crippen LogP) is 3.02. The summed E-state index contributed by atoms with van der Waals surface area (Å²) in [6.45, 7) is 7.92. The highest BCUT2D eigenvalue weighted by Crippen LogP contribution is 2.27. The predicted molar refractivity (Wildman–Crippen MR) is 77.0 cm³/mol. The van der Waals surface area contributed by atoms with E-state index in [1.165, 1.54) is 32.8 Å². The van der Waals surface area contributed by atoms with Crippen LogP contribution in [0.5, 0.6) is 0 Å². The topological polar surface area (TPSA) is 38.3 Å². The molecule has 18 heavy (non-hydrogen) atoms. The van der Waals surface area contributed by atoms with Gasteiger partial charge in [0.2, 0.25) is 0 Å². The van der Waals surface area contributed by atoms with Crippen molar-refractivity contribution >= 4 is 18.4 Å². The van der Waals surface area contributed by atoms with Gasteiger partial charge in [0.05, 0.1) is 12.5 Å². The van der Waals surface area contributed by atoms with E-state index in [1.54, 1.807) is 0 Å². The molecule has 0 radical (unpaired) electrons. The molecule has 0 aliphatic heterocycles. The minimum Gasteiger partial charge on any atom is -0.469 e. The lowest BCUT2D eigenvalue weighted by Crippen LogP contribution is -2.39. The number of ether oxygens (including phenoxy) is 1. The van der Waals surface area contributed by atoms with Crippen molar-refractivity contribution in [3.05, 3.63) is 0 Å². The fourth-order valence-corrected chi connectivity index (χ4v) is 2.47. The summed E-state index contributed by atoms with van der Waals surface area (Å²) in [5.41, 5.74) is -0.420. The molecular weight excluding hydrogens is 250 g/mol. The van der Waals surface area contributed by atoms with Gasteiger partial charge in [-0.05, 0) is 45.1 Å². The number of nitrogens with one attached hydrogen (secondary N) is 1. The van der Waals surface area contributed by atoms with E-state index in [-0.39, 0.29) is 18.4 Å². The number of hydrogen-bond donors (Lipinski definition) is 1. The number of rotatable bonds is 5. The molecule has 1 fully saturated rings. The summed E-state index contributed by atoms with van der Waals surface area (Å²) in [5, 5.41) is 3.42. The second-order valence-electron chi connectivity index (χ2n) is 6.13. The number of methoxy groups -OCH3 is 1. The van der Waals surface area contributed by atoms with Gasteiger partial charge in [-0.3, -0.25) is 4.79 Å². The summed E-state index contributed by atoms with van der Waals surface area (Å²) in [4.78, 5) is 11.5. The minimum atomic E-state index is -0.420. The Morgan fingerprint density at radius 2 is 1.83 bits per heavy atom. The number of halogens is 1. The van der Waals surface area contributed by atoms with Crippen molar-refractivity contribution in [3.63, 3.8) is 0 Å². The third kappa shape index (κ3) is 5.57. The zero-order valence-corrected chi connectivity index (χ0v) is 12.9. The van der Waals surface area contributed by atoms with Crippen LogP contribution in [-0.4, -0.2) is 26.2 Å². The SMILES string of the molecule is COC(=O)C(C)(C)CNCC1CCC(C)CC1.Cl. The van der Waals surface area contributed by atoms with E-state index >= 15 is 0 Å². The van der Waals surface area contributed by atoms with Gasteiger partial charge in [0.1, 0.15) is 0 Å². The molecule has 0 unspecified atom stereocenters. The average molecular weight is 278 g/mol. The van der Waals surface area contributed by atoms with E-state index in [4.69, 9.17) is 4.74 Å². The molecule has 0 aromatic carbocycles. The third-order valence-corrected chi connectivity index (χ3v) is 3.87. The van der Waals surface area contributed by atoms with Crippen LogP contribution in [0.4, 0.5) is 0 Å². The molecular formula is C14H28ClNO2. The van der Waals surface area contributed by atoms with E-state index in [0.29, 0.717) is 6.54 Å². The summed E-state index contributed by atoms with van der Waals surface area (Å²) < 4.78 is 4.79. The fraction of sp³-hybridized carbons (Fsp3) is 0.929. The highest BCUT2D eigenvalue weighted by Gasteiger charge is 2.28. The van der Waals surface area contributed by atoms with Gasteiger partial charge >= 0.3 is 5.97 Å². The molecule has 1 rings (SSSR count). The molecule has 0 spiro atoms. The third-order valence-electron chi connectivity index (χ3n) is 3.87. The van der Waals surface area contributed by atoms with Crippen LogP contribution in [-0.2, 0) is 9.53 Å². The number of esters is 1. The van der Waals surface area contributed by atoms with Crippen LogP contribution in [0, 0.1) is 17.3 Å². The van der Waals surface area contributed by atoms with Crippen molar-refractivity contribution in [2.75, 3.05) is 20.2 Å². The van der Waals surface area contributed by atoms with Crippen molar-refractivity contribution < 1.29 is 9.53 Å². The Bertz CT molecular complexity index is 248. The van der Waals surface area contributed by atoms with E-state index in [0.717, 1.165) is 18.4 Å². The maximum absolute atomic E-state index is 11.5. The Morgan fingerprint density at radius 1 is 1.28 bits per heavy atom. The maximum atomic E-state index is 11.5. The Kier molecular flexibility index (Phi) is 7.88. The Hall–Kier alpha value is -0.280. The molecule has 3 nitrogen and oxygen atoms in total. The summed E-state index contributed by atoms with van der Waals surface area (Å²) >= 11 is 0. The first-order chi connectivity index (χ1) is 7.95. The Balaban J connectivity index is 0.00000289. The molecule has 0 bridgehead atoms. The minimum absolute atomic E-state index is 0. The van der Waals surface area contributed by atoms with E-state index < -0.39 is 5.41 Å². The molecule has 0 heterocycles. The molecule has 1 aliphatic rings. The second kappa shape index (κ2) is 8.00. The van der Waals surface area contributed by atoms with Crippen LogP contribution in [0.25, 0.3) is 0 Å². The van der Waals surface area contributed by atoms with Crippen LogP contribution >= 0.6 is 12.4 Å². The summed E-state index contributed by atoms with van der Waals surface area (Å²) in [7, 11) is 1.45. The van der Waals surface area contributed by atoms with E-state index in [1.807, 2.05) is 13.8 Å². The van der Waals surface area contributed by atoms with Gasteiger partial charge in [-0.25, -0.2) is 0 Å². The van der Waals surface area contributed by atoms with Crippen LogP contribution in [0.2, 0.25) is 0 Å². The lowest BCUT2D eigenvalue weighted by atomic mass is 9.83. The quantitative estimate of drug-likeness (QED) is 0.785. The molecule has 0 amide bonds. The van der Waals surface area contributed by atoms with Crippen LogP contribution in [0.15, 0.2) is 0 Å². The molecule has 4 heteroatoms. The van der Waals surface area contributed by atoms with E-state index in [2.05, 4.69) is 12.2 Å². The van der Waals surface area contributed by atoms with Crippen molar-refractivity contribution in [1.29, 1.82) is 0 Å². The van der Waals surface area contributed by atoms with E-state index in [9.17, 15) is 4.79 Å². The molecule has 0 aromatic rings. The Morgan fingerprint density at radius 3 is 2.33 bits per heavy atom. The van der Waals surface area contributed by atoms with Gasteiger partial charge in [0, 0.05) is 6.54 Å². The number of carbonyl (C=O) groups is 1. The lowest BCUT2D eigenvalue weighted by Gasteiger charge is -2.28. The fourth-order valence-electron chi connectivity index (χ4n) is 2.47. The summed E-state index contributed by atoms with van der Waals surface area (Å²) in [6.07, 6.45) is 5.36. The normalized spacial score (nSPS) is 24.2. The van der Waals surface area contributed by atoms with Crippen LogP contribution in [0.1, 0.15) is 46.5 Å². The molecule has 1 aliphatic carbocycles. The van der Waals surface area contributed by atoms with Crippen LogP contribution < -0.4 is 5.32 Å². The molecule has 1 N–H and O–H groups in total. The highest BCUT2D eigenvalue weighted by molar-refractivity contribution is 5.85.